The molecule has 7 heteroatoms. The van der Waals surface area contributed by atoms with Gasteiger partial charge in [-0.2, -0.15) is 0 Å². The summed E-state index contributed by atoms with van der Waals surface area (Å²) in [6.45, 7) is 5.71. The summed E-state index contributed by atoms with van der Waals surface area (Å²) in [5.74, 6) is -1.40. The molecular formula is C20H27FN2O4. The van der Waals surface area contributed by atoms with Crippen molar-refractivity contribution in [2.24, 2.45) is 5.41 Å². The highest BCUT2D eigenvalue weighted by molar-refractivity contribution is 6.04. The number of halogens is 1. The molecule has 0 aliphatic carbocycles. The second-order valence-corrected chi connectivity index (χ2v) is 7.62. The van der Waals surface area contributed by atoms with Gasteiger partial charge in [0.05, 0.1) is 13.2 Å². The van der Waals surface area contributed by atoms with Crippen molar-refractivity contribution in [2.75, 3.05) is 32.8 Å². The summed E-state index contributed by atoms with van der Waals surface area (Å²) in [4.78, 5) is 27.1. The second-order valence-electron chi connectivity index (χ2n) is 7.62. The van der Waals surface area contributed by atoms with Gasteiger partial charge in [0, 0.05) is 32.5 Å². The average Bonchev–Trinajstić information content (AvgIpc) is 3.11. The van der Waals surface area contributed by atoms with Crippen LogP contribution in [-0.4, -0.2) is 55.3 Å². The lowest BCUT2D eigenvalue weighted by atomic mass is 9.89. The Balaban J connectivity index is 1.51. The number of rotatable bonds is 5. The molecule has 3 rings (SSSR count). The second kappa shape index (κ2) is 7.94. The molecule has 0 saturated carbocycles. The maximum Gasteiger partial charge on any atom is 0.237 e. The Hall–Kier alpha value is -1.99. The summed E-state index contributed by atoms with van der Waals surface area (Å²) in [5.41, 5.74) is -0.642. The van der Waals surface area contributed by atoms with Gasteiger partial charge in [0.2, 0.25) is 11.8 Å². The van der Waals surface area contributed by atoms with Gasteiger partial charge < -0.3 is 19.7 Å². The molecule has 1 aromatic carbocycles. The van der Waals surface area contributed by atoms with Crippen LogP contribution in [0.1, 0.15) is 32.3 Å². The van der Waals surface area contributed by atoms with Crippen LogP contribution in [0, 0.1) is 11.2 Å². The van der Waals surface area contributed by atoms with Gasteiger partial charge in [-0.05, 0) is 31.9 Å². The zero-order valence-electron chi connectivity index (χ0n) is 15.9. The van der Waals surface area contributed by atoms with Crippen molar-refractivity contribution in [1.82, 2.24) is 10.2 Å². The average molecular weight is 378 g/mol. The molecule has 2 aliphatic rings. The molecule has 148 valence electrons. The number of ether oxygens (including phenoxy) is 2. The third-order valence-corrected chi connectivity index (χ3v) is 5.37. The van der Waals surface area contributed by atoms with Crippen molar-refractivity contribution in [3.8, 4) is 0 Å². The number of hydrogen-bond acceptors (Lipinski definition) is 4. The molecule has 2 fully saturated rings. The third-order valence-electron chi connectivity index (χ3n) is 5.37. The fourth-order valence-electron chi connectivity index (χ4n) is 3.56. The number of benzene rings is 1. The van der Waals surface area contributed by atoms with E-state index in [0.717, 1.165) is 0 Å². The number of likely N-dealkylation sites (tertiary alicyclic amines) is 1. The molecule has 2 aliphatic heterocycles. The molecule has 6 nitrogen and oxygen atoms in total. The van der Waals surface area contributed by atoms with Gasteiger partial charge in [-0.3, -0.25) is 9.59 Å². The lowest BCUT2D eigenvalue weighted by molar-refractivity contribution is -0.189. The maximum atomic E-state index is 13.7. The Labute approximate surface area is 159 Å². The lowest BCUT2D eigenvalue weighted by Crippen LogP contribution is -2.54. The smallest absolute Gasteiger partial charge is 0.237 e. The van der Waals surface area contributed by atoms with Crippen LogP contribution in [-0.2, 0) is 25.5 Å². The van der Waals surface area contributed by atoms with E-state index in [9.17, 15) is 14.0 Å². The molecule has 1 spiro atoms. The van der Waals surface area contributed by atoms with Gasteiger partial charge in [-0.1, -0.05) is 18.2 Å². The summed E-state index contributed by atoms with van der Waals surface area (Å²) >= 11 is 0. The number of carbonyl (C=O) groups is 2. The molecule has 1 aromatic rings. The summed E-state index contributed by atoms with van der Waals surface area (Å²) in [5, 5.41) is 2.76. The van der Waals surface area contributed by atoms with Crippen molar-refractivity contribution in [2.45, 2.75) is 38.9 Å². The molecule has 0 bridgehead atoms. The van der Waals surface area contributed by atoms with Crippen LogP contribution in [0.25, 0.3) is 0 Å². The van der Waals surface area contributed by atoms with E-state index in [1.165, 1.54) is 6.07 Å². The first-order valence-corrected chi connectivity index (χ1v) is 9.43. The SMILES string of the molecule is CC(C)(C(=O)NCCc1ccccc1F)C(=O)N1CCC2(CC1)OCCO2. The highest BCUT2D eigenvalue weighted by Gasteiger charge is 2.45. The van der Waals surface area contributed by atoms with Crippen LogP contribution >= 0.6 is 0 Å². The van der Waals surface area contributed by atoms with Crippen molar-refractivity contribution >= 4 is 11.8 Å². The number of piperidine rings is 1. The standard InChI is InChI=1S/C20H27FN2O4/c1-19(2,17(24)22-10-7-15-5-3-4-6-16(15)21)18(25)23-11-8-20(9-12-23)26-13-14-27-20/h3-6H,7-14H2,1-2H3,(H,22,24). The number of nitrogens with zero attached hydrogens (tertiary/aromatic N) is 1. The highest BCUT2D eigenvalue weighted by atomic mass is 19.1. The molecule has 2 heterocycles. The molecule has 2 saturated heterocycles. The minimum Gasteiger partial charge on any atom is -0.355 e. The van der Waals surface area contributed by atoms with Crippen molar-refractivity contribution in [3.63, 3.8) is 0 Å². The first-order chi connectivity index (χ1) is 12.8. The van der Waals surface area contributed by atoms with Gasteiger partial charge in [0.15, 0.2) is 5.79 Å². The zero-order chi connectivity index (χ0) is 19.5. The molecule has 0 atom stereocenters. The Morgan fingerprint density at radius 2 is 1.81 bits per heavy atom. The molecular weight excluding hydrogens is 351 g/mol. The summed E-state index contributed by atoms with van der Waals surface area (Å²) < 4.78 is 25.0. The Bertz CT molecular complexity index is 691. The predicted octanol–water partition coefficient (Wildman–Crippen LogP) is 1.88. The van der Waals surface area contributed by atoms with Crippen LogP contribution in [0.5, 0.6) is 0 Å². The van der Waals surface area contributed by atoms with Crippen molar-refractivity contribution < 1.29 is 23.5 Å². The Morgan fingerprint density at radius 3 is 2.44 bits per heavy atom. The largest absolute Gasteiger partial charge is 0.355 e. The van der Waals surface area contributed by atoms with Gasteiger partial charge in [-0.25, -0.2) is 4.39 Å². The normalized spacial score (nSPS) is 19.3. The highest BCUT2D eigenvalue weighted by Crippen LogP contribution is 2.33. The van der Waals surface area contributed by atoms with Crippen LogP contribution in [0.2, 0.25) is 0 Å². The Morgan fingerprint density at radius 1 is 1.19 bits per heavy atom. The molecule has 0 radical (unpaired) electrons. The first kappa shape index (κ1) is 19.8. The first-order valence-electron chi connectivity index (χ1n) is 9.43. The van der Waals surface area contributed by atoms with E-state index >= 15 is 0 Å². The van der Waals surface area contributed by atoms with Crippen LogP contribution in [0.3, 0.4) is 0 Å². The lowest BCUT2D eigenvalue weighted by Gasteiger charge is -2.40. The van der Waals surface area contributed by atoms with E-state index in [1.807, 2.05) is 0 Å². The van der Waals surface area contributed by atoms with Crippen molar-refractivity contribution in [1.29, 1.82) is 0 Å². The minimum absolute atomic E-state index is 0.210. The Kier molecular flexibility index (Phi) is 5.81. The molecule has 2 amide bonds. The molecule has 27 heavy (non-hydrogen) atoms. The predicted molar refractivity (Wildman–Crippen MR) is 97.3 cm³/mol. The van der Waals surface area contributed by atoms with Crippen LogP contribution < -0.4 is 5.32 Å². The van der Waals surface area contributed by atoms with E-state index in [4.69, 9.17) is 9.47 Å². The van der Waals surface area contributed by atoms with Crippen LogP contribution in [0.4, 0.5) is 4.39 Å². The minimum atomic E-state index is -1.18. The van der Waals surface area contributed by atoms with E-state index < -0.39 is 11.2 Å². The van der Waals surface area contributed by atoms with Crippen LogP contribution in [0.15, 0.2) is 24.3 Å². The van der Waals surface area contributed by atoms with Gasteiger partial charge in [0.1, 0.15) is 11.2 Å². The third kappa shape index (κ3) is 4.30. The van der Waals surface area contributed by atoms with Crippen molar-refractivity contribution in [3.05, 3.63) is 35.6 Å². The maximum absolute atomic E-state index is 13.7. The van der Waals surface area contributed by atoms with Gasteiger partial charge in [0.25, 0.3) is 0 Å². The summed E-state index contributed by atoms with van der Waals surface area (Å²) in [7, 11) is 0. The topological polar surface area (TPSA) is 67.9 Å². The van der Waals surface area contributed by atoms with Gasteiger partial charge >= 0.3 is 0 Å². The molecule has 0 aromatic heterocycles. The molecule has 1 N–H and O–H groups in total. The fraction of sp³-hybridized carbons (Fsp3) is 0.600. The van der Waals surface area contributed by atoms with Gasteiger partial charge in [-0.15, -0.1) is 0 Å². The summed E-state index contributed by atoms with van der Waals surface area (Å²) in [6, 6.07) is 6.47. The summed E-state index contributed by atoms with van der Waals surface area (Å²) in [6.07, 6.45) is 1.61. The number of amides is 2. The number of carbonyl (C=O) groups excluding carboxylic acids is 2. The number of nitrogens with one attached hydrogen (secondary N) is 1. The monoisotopic (exact) mass is 378 g/mol. The quantitative estimate of drug-likeness (QED) is 0.795. The van der Waals surface area contributed by atoms with E-state index in [-0.39, 0.29) is 24.2 Å². The van der Waals surface area contributed by atoms with E-state index in [2.05, 4.69) is 5.32 Å². The fourth-order valence-corrected chi connectivity index (χ4v) is 3.56. The zero-order valence-corrected chi connectivity index (χ0v) is 15.9. The number of hydrogen-bond donors (Lipinski definition) is 1. The van der Waals surface area contributed by atoms with E-state index in [1.54, 1.807) is 36.9 Å². The van der Waals surface area contributed by atoms with E-state index in [0.29, 0.717) is 51.1 Å². The molecule has 0 unspecified atom stereocenters.